The first-order valence-corrected chi connectivity index (χ1v) is 8.77. The summed E-state index contributed by atoms with van der Waals surface area (Å²) in [6, 6.07) is 5.23. The number of piperazine rings is 1. The zero-order valence-electron chi connectivity index (χ0n) is 14.7. The second-order valence-corrected chi connectivity index (χ2v) is 6.91. The number of carbonyl (C=O) groups excluding carboxylic acids is 3. The highest BCUT2D eigenvalue weighted by atomic mass is 35.5. The SMILES string of the molecule is CN1C(=O)c2ccc(C(=O)N3CCC(N4CCNCC4)C3)cc2C1=O.Cl. The molecule has 1 unspecified atom stereocenters. The van der Waals surface area contributed by atoms with E-state index < -0.39 is 0 Å². The topological polar surface area (TPSA) is 73.0 Å². The Hall–Kier alpha value is -1.96. The van der Waals surface area contributed by atoms with Gasteiger partial charge in [0.2, 0.25) is 0 Å². The van der Waals surface area contributed by atoms with Crippen molar-refractivity contribution in [3.63, 3.8) is 0 Å². The molecule has 26 heavy (non-hydrogen) atoms. The smallest absolute Gasteiger partial charge is 0.261 e. The maximum Gasteiger partial charge on any atom is 0.261 e. The van der Waals surface area contributed by atoms with Crippen LogP contribution in [0.3, 0.4) is 0 Å². The van der Waals surface area contributed by atoms with Crippen molar-refractivity contribution in [2.24, 2.45) is 0 Å². The van der Waals surface area contributed by atoms with E-state index in [0.29, 0.717) is 22.7 Å². The van der Waals surface area contributed by atoms with Crippen LogP contribution in [0.1, 0.15) is 37.5 Å². The van der Waals surface area contributed by atoms with Crippen molar-refractivity contribution in [1.29, 1.82) is 0 Å². The van der Waals surface area contributed by atoms with Crippen LogP contribution in [0.4, 0.5) is 0 Å². The quantitative estimate of drug-likeness (QED) is 0.757. The highest BCUT2D eigenvalue weighted by molar-refractivity contribution is 6.21. The highest BCUT2D eigenvalue weighted by Gasteiger charge is 2.35. The van der Waals surface area contributed by atoms with Crippen LogP contribution in [0.5, 0.6) is 0 Å². The standard InChI is InChI=1S/C18H22N4O3.ClH/c1-20-17(24)14-3-2-12(10-15(14)18(20)25)16(23)22-7-4-13(11-22)21-8-5-19-6-9-21;/h2-3,10,13,19H,4-9,11H2,1H3;1H. The largest absolute Gasteiger partial charge is 0.337 e. The molecule has 0 bridgehead atoms. The van der Waals surface area contributed by atoms with E-state index in [0.717, 1.165) is 50.6 Å². The zero-order chi connectivity index (χ0) is 17.6. The maximum absolute atomic E-state index is 12.8. The van der Waals surface area contributed by atoms with Gasteiger partial charge < -0.3 is 10.2 Å². The lowest BCUT2D eigenvalue weighted by Crippen LogP contribution is -2.49. The monoisotopic (exact) mass is 378 g/mol. The molecule has 1 atom stereocenters. The molecule has 140 valence electrons. The Balaban J connectivity index is 0.00000196. The fourth-order valence-corrected chi connectivity index (χ4v) is 3.95. The Morgan fingerprint density at radius 2 is 1.77 bits per heavy atom. The van der Waals surface area contributed by atoms with Crippen LogP contribution in [0.25, 0.3) is 0 Å². The molecule has 3 aliphatic rings. The van der Waals surface area contributed by atoms with Gasteiger partial charge in [-0.05, 0) is 24.6 Å². The molecule has 0 saturated carbocycles. The number of amides is 3. The predicted molar refractivity (Wildman–Crippen MR) is 98.9 cm³/mol. The number of benzene rings is 1. The summed E-state index contributed by atoms with van der Waals surface area (Å²) in [4.78, 5) is 42.3. The number of halogens is 1. The van der Waals surface area contributed by atoms with Crippen molar-refractivity contribution >= 4 is 30.1 Å². The Morgan fingerprint density at radius 1 is 1.08 bits per heavy atom. The van der Waals surface area contributed by atoms with E-state index >= 15 is 0 Å². The van der Waals surface area contributed by atoms with Crippen LogP contribution in [-0.2, 0) is 0 Å². The summed E-state index contributed by atoms with van der Waals surface area (Å²) in [6.07, 6.45) is 0.983. The molecule has 1 aromatic carbocycles. The molecule has 3 aliphatic heterocycles. The van der Waals surface area contributed by atoms with E-state index in [2.05, 4.69) is 10.2 Å². The van der Waals surface area contributed by atoms with Crippen molar-refractivity contribution < 1.29 is 14.4 Å². The minimum atomic E-state index is -0.338. The molecule has 1 aromatic rings. The average Bonchev–Trinajstić information content (AvgIpc) is 3.22. The molecular weight excluding hydrogens is 356 g/mol. The summed E-state index contributed by atoms with van der Waals surface area (Å²) in [6.45, 7) is 5.50. The highest BCUT2D eigenvalue weighted by Crippen LogP contribution is 2.25. The molecule has 2 fully saturated rings. The number of imide groups is 1. The van der Waals surface area contributed by atoms with E-state index in [-0.39, 0.29) is 30.1 Å². The molecule has 7 nitrogen and oxygen atoms in total. The maximum atomic E-state index is 12.8. The molecule has 0 aromatic heterocycles. The van der Waals surface area contributed by atoms with Gasteiger partial charge in [0.15, 0.2) is 0 Å². The molecule has 0 radical (unpaired) electrons. The van der Waals surface area contributed by atoms with Crippen molar-refractivity contribution in [2.45, 2.75) is 12.5 Å². The summed E-state index contributed by atoms with van der Waals surface area (Å²) in [7, 11) is 1.46. The fourth-order valence-electron chi connectivity index (χ4n) is 3.95. The lowest BCUT2D eigenvalue weighted by atomic mass is 10.0. The predicted octanol–water partition coefficient (Wildman–Crippen LogP) is 0.454. The number of likely N-dealkylation sites (tertiary alicyclic amines) is 1. The molecule has 1 N–H and O–H groups in total. The number of nitrogens with one attached hydrogen (secondary N) is 1. The lowest BCUT2D eigenvalue weighted by Gasteiger charge is -2.32. The minimum Gasteiger partial charge on any atom is -0.337 e. The number of carbonyl (C=O) groups is 3. The van der Waals surface area contributed by atoms with Crippen molar-refractivity contribution in [2.75, 3.05) is 46.3 Å². The van der Waals surface area contributed by atoms with Crippen LogP contribution in [0, 0.1) is 0 Å². The van der Waals surface area contributed by atoms with E-state index in [1.54, 1.807) is 18.2 Å². The number of fused-ring (bicyclic) bond motifs is 1. The van der Waals surface area contributed by atoms with Gasteiger partial charge in [-0.3, -0.25) is 24.2 Å². The minimum absolute atomic E-state index is 0. The Morgan fingerprint density at radius 3 is 2.50 bits per heavy atom. The number of hydrogen-bond acceptors (Lipinski definition) is 5. The summed E-state index contributed by atoms with van der Waals surface area (Å²) < 4.78 is 0. The third kappa shape index (κ3) is 3.11. The normalized spacial score (nSPS) is 23.2. The van der Waals surface area contributed by atoms with Gasteiger partial charge in [-0.15, -0.1) is 12.4 Å². The van der Waals surface area contributed by atoms with Gasteiger partial charge in [-0.2, -0.15) is 0 Å². The first-order chi connectivity index (χ1) is 12.1. The second-order valence-electron chi connectivity index (χ2n) is 6.91. The lowest BCUT2D eigenvalue weighted by molar-refractivity contribution is 0.0692. The van der Waals surface area contributed by atoms with E-state index in [4.69, 9.17) is 0 Å². The Labute approximate surface area is 158 Å². The first-order valence-electron chi connectivity index (χ1n) is 8.77. The van der Waals surface area contributed by atoms with Crippen LogP contribution >= 0.6 is 12.4 Å². The molecular formula is C18H23ClN4O3. The number of rotatable bonds is 2. The van der Waals surface area contributed by atoms with Crippen LogP contribution < -0.4 is 5.32 Å². The van der Waals surface area contributed by atoms with Gasteiger partial charge in [-0.25, -0.2) is 0 Å². The van der Waals surface area contributed by atoms with E-state index in [9.17, 15) is 14.4 Å². The summed E-state index contributed by atoms with van der Waals surface area (Å²) in [5.41, 5.74) is 1.19. The molecule has 8 heteroatoms. The van der Waals surface area contributed by atoms with Crippen molar-refractivity contribution in [3.8, 4) is 0 Å². The molecule has 3 heterocycles. The van der Waals surface area contributed by atoms with Gasteiger partial charge in [0, 0.05) is 57.9 Å². The van der Waals surface area contributed by atoms with Crippen molar-refractivity contribution in [3.05, 3.63) is 34.9 Å². The van der Waals surface area contributed by atoms with Gasteiger partial charge >= 0.3 is 0 Å². The third-order valence-corrected chi connectivity index (χ3v) is 5.46. The Kier molecular flexibility index (Phi) is 5.32. The third-order valence-electron chi connectivity index (χ3n) is 5.46. The van der Waals surface area contributed by atoms with E-state index in [1.165, 1.54) is 7.05 Å². The summed E-state index contributed by atoms with van der Waals surface area (Å²) >= 11 is 0. The van der Waals surface area contributed by atoms with Crippen molar-refractivity contribution in [1.82, 2.24) is 20.0 Å². The molecule has 4 rings (SSSR count). The summed E-state index contributed by atoms with van der Waals surface area (Å²) in [5.74, 6) is -0.705. The van der Waals surface area contributed by atoms with Crippen LogP contribution in [0.2, 0.25) is 0 Å². The van der Waals surface area contributed by atoms with Crippen LogP contribution in [-0.4, -0.2) is 84.8 Å². The zero-order valence-corrected chi connectivity index (χ0v) is 15.6. The fraction of sp³-hybridized carbons (Fsp3) is 0.500. The first kappa shape index (κ1) is 18.8. The van der Waals surface area contributed by atoms with E-state index in [1.807, 2.05) is 4.90 Å². The second kappa shape index (κ2) is 7.34. The van der Waals surface area contributed by atoms with Gasteiger partial charge in [-0.1, -0.05) is 0 Å². The molecule has 3 amide bonds. The van der Waals surface area contributed by atoms with Crippen LogP contribution in [0.15, 0.2) is 18.2 Å². The van der Waals surface area contributed by atoms with Gasteiger partial charge in [0.1, 0.15) is 0 Å². The molecule has 0 spiro atoms. The average molecular weight is 379 g/mol. The summed E-state index contributed by atoms with van der Waals surface area (Å²) in [5, 5.41) is 3.35. The molecule has 0 aliphatic carbocycles. The van der Waals surface area contributed by atoms with Gasteiger partial charge in [0.05, 0.1) is 11.1 Å². The molecule has 2 saturated heterocycles. The Bertz CT molecular complexity index is 748. The van der Waals surface area contributed by atoms with Gasteiger partial charge in [0.25, 0.3) is 17.7 Å². The number of hydrogen-bond donors (Lipinski definition) is 1. The number of nitrogens with zero attached hydrogens (tertiary/aromatic N) is 3.